The van der Waals surface area contributed by atoms with Gasteiger partial charge in [-0.05, 0) is 87.6 Å². The molecule has 5 aromatic rings. The molecule has 1 aliphatic rings. The predicted molar refractivity (Wildman–Crippen MR) is 143 cm³/mol. The molecular formula is C28H31FN8. The second kappa shape index (κ2) is 9.91. The molecule has 1 aliphatic heterocycles. The largest absolute Gasteiger partial charge is 0.338 e. The van der Waals surface area contributed by atoms with Crippen molar-refractivity contribution in [3.63, 3.8) is 0 Å². The number of nitrogens with one attached hydrogen (secondary N) is 1. The number of benzene rings is 2. The first kappa shape index (κ1) is 23.6. The van der Waals surface area contributed by atoms with E-state index in [2.05, 4.69) is 56.5 Å². The molecule has 9 heteroatoms. The van der Waals surface area contributed by atoms with E-state index in [1.165, 1.54) is 24.5 Å². The smallest absolute Gasteiger partial charge is 0.158 e. The summed E-state index contributed by atoms with van der Waals surface area (Å²) in [6.45, 7) is 3.64. The van der Waals surface area contributed by atoms with E-state index in [4.69, 9.17) is 0 Å². The van der Waals surface area contributed by atoms with Gasteiger partial charge in [-0.3, -0.25) is 9.58 Å². The maximum Gasteiger partial charge on any atom is 0.158 e. The number of halogens is 1. The molecule has 0 atom stereocenters. The Labute approximate surface area is 215 Å². The minimum absolute atomic E-state index is 0.237. The number of hydrogen-bond donors (Lipinski definition) is 1. The van der Waals surface area contributed by atoms with Crippen molar-refractivity contribution in [2.75, 3.05) is 32.5 Å². The molecule has 1 N–H and O–H groups in total. The van der Waals surface area contributed by atoms with Gasteiger partial charge in [0.1, 0.15) is 17.7 Å². The van der Waals surface area contributed by atoms with Crippen molar-refractivity contribution in [3.05, 3.63) is 84.2 Å². The highest BCUT2D eigenvalue weighted by atomic mass is 19.1. The maximum absolute atomic E-state index is 13.6. The van der Waals surface area contributed by atoms with Gasteiger partial charge in [-0.15, -0.1) is 0 Å². The van der Waals surface area contributed by atoms with Gasteiger partial charge in [0.15, 0.2) is 5.82 Å². The molecule has 190 valence electrons. The van der Waals surface area contributed by atoms with Crippen molar-refractivity contribution in [2.45, 2.75) is 32.0 Å². The normalized spacial score (nSPS) is 15.2. The summed E-state index contributed by atoms with van der Waals surface area (Å²) in [5, 5.41) is 13.5. The molecule has 4 heterocycles. The van der Waals surface area contributed by atoms with Crippen LogP contribution < -0.4 is 5.32 Å². The summed E-state index contributed by atoms with van der Waals surface area (Å²) in [4.78, 5) is 9.44. The van der Waals surface area contributed by atoms with Crippen LogP contribution in [0.3, 0.4) is 0 Å². The van der Waals surface area contributed by atoms with E-state index in [1.54, 1.807) is 18.5 Å². The average Bonchev–Trinajstić information content (AvgIpc) is 3.49. The topological polar surface area (TPSA) is 66.5 Å². The first-order chi connectivity index (χ1) is 18.0. The first-order valence-electron chi connectivity index (χ1n) is 12.7. The number of rotatable bonds is 7. The molecule has 1 saturated heterocycles. The SMILES string of the molecule is CN1CCC(N(C)Cc2ccn3ncnc(Nc4ccc5c(cnn5Cc5cccc(F)c5)c4)c23)CC1. The third-order valence-electron chi connectivity index (χ3n) is 7.39. The third-order valence-corrected chi connectivity index (χ3v) is 7.39. The highest BCUT2D eigenvalue weighted by molar-refractivity contribution is 5.85. The van der Waals surface area contributed by atoms with E-state index in [0.29, 0.717) is 12.6 Å². The quantitative estimate of drug-likeness (QED) is 0.356. The van der Waals surface area contributed by atoms with Crippen LogP contribution in [0.15, 0.2) is 67.3 Å². The van der Waals surface area contributed by atoms with E-state index in [-0.39, 0.29) is 5.82 Å². The molecule has 6 rings (SSSR count). The lowest BCUT2D eigenvalue weighted by molar-refractivity contribution is 0.139. The van der Waals surface area contributed by atoms with Crippen LogP contribution in [-0.2, 0) is 13.1 Å². The third kappa shape index (κ3) is 4.92. The molecule has 2 aromatic carbocycles. The van der Waals surface area contributed by atoms with Gasteiger partial charge in [0, 0.05) is 29.9 Å². The van der Waals surface area contributed by atoms with Crippen LogP contribution in [-0.4, -0.2) is 67.4 Å². The average molecular weight is 499 g/mol. The summed E-state index contributed by atoms with van der Waals surface area (Å²) in [7, 11) is 4.41. The Morgan fingerprint density at radius 2 is 1.95 bits per heavy atom. The first-order valence-corrected chi connectivity index (χ1v) is 12.7. The van der Waals surface area contributed by atoms with Gasteiger partial charge in [-0.25, -0.2) is 13.9 Å². The second-order valence-electron chi connectivity index (χ2n) is 10.0. The Balaban J connectivity index is 1.23. The van der Waals surface area contributed by atoms with Crippen molar-refractivity contribution >= 4 is 27.9 Å². The molecule has 0 radical (unpaired) electrons. The number of fused-ring (bicyclic) bond motifs is 2. The molecule has 37 heavy (non-hydrogen) atoms. The van der Waals surface area contributed by atoms with Crippen LogP contribution in [0, 0.1) is 5.82 Å². The number of anilines is 2. The van der Waals surface area contributed by atoms with E-state index < -0.39 is 0 Å². The molecule has 8 nitrogen and oxygen atoms in total. The zero-order valence-electron chi connectivity index (χ0n) is 21.2. The van der Waals surface area contributed by atoms with Crippen molar-refractivity contribution in [1.82, 2.24) is 34.2 Å². The minimum Gasteiger partial charge on any atom is -0.338 e. The Bertz CT molecular complexity index is 1530. The summed E-state index contributed by atoms with van der Waals surface area (Å²) in [5.74, 6) is 0.539. The van der Waals surface area contributed by atoms with Gasteiger partial charge in [0.05, 0.1) is 18.3 Å². The fourth-order valence-corrected chi connectivity index (χ4v) is 5.31. The Hall–Kier alpha value is -3.82. The summed E-state index contributed by atoms with van der Waals surface area (Å²) >= 11 is 0. The lowest BCUT2D eigenvalue weighted by Gasteiger charge is -2.35. The van der Waals surface area contributed by atoms with Gasteiger partial charge in [-0.1, -0.05) is 12.1 Å². The Morgan fingerprint density at radius 1 is 1.08 bits per heavy atom. The molecule has 0 spiro atoms. The molecule has 0 unspecified atom stereocenters. The monoisotopic (exact) mass is 498 g/mol. The van der Waals surface area contributed by atoms with E-state index >= 15 is 0 Å². The minimum atomic E-state index is -0.237. The van der Waals surface area contributed by atoms with Crippen LogP contribution in [0.2, 0.25) is 0 Å². The van der Waals surface area contributed by atoms with Gasteiger partial charge in [0.25, 0.3) is 0 Å². The number of nitrogens with zero attached hydrogens (tertiary/aromatic N) is 7. The highest BCUT2D eigenvalue weighted by Crippen LogP contribution is 2.27. The molecule has 0 amide bonds. The van der Waals surface area contributed by atoms with Gasteiger partial charge in [0.2, 0.25) is 0 Å². The van der Waals surface area contributed by atoms with Gasteiger partial charge >= 0.3 is 0 Å². The van der Waals surface area contributed by atoms with Crippen molar-refractivity contribution < 1.29 is 4.39 Å². The fourth-order valence-electron chi connectivity index (χ4n) is 5.31. The predicted octanol–water partition coefficient (Wildman–Crippen LogP) is 4.54. The summed E-state index contributed by atoms with van der Waals surface area (Å²) in [6.07, 6.45) is 7.80. The van der Waals surface area contributed by atoms with E-state index in [9.17, 15) is 4.39 Å². The van der Waals surface area contributed by atoms with Crippen LogP contribution in [0.1, 0.15) is 24.0 Å². The lowest BCUT2D eigenvalue weighted by atomic mass is 10.0. The van der Waals surface area contributed by atoms with Crippen LogP contribution >= 0.6 is 0 Å². The van der Waals surface area contributed by atoms with Crippen molar-refractivity contribution in [3.8, 4) is 0 Å². The number of likely N-dealkylation sites (tertiary alicyclic amines) is 1. The molecule has 1 fully saturated rings. The number of aromatic nitrogens is 5. The standard InChI is InChI=1S/C28H31FN8/c1-34-11-9-25(10-12-34)35(2)18-21-8-13-36-27(21)28(30-19-32-36)33-24-6-7-26-22(15-24)16-31-37(26)17-20-4-3-5-23(29)14-20/h3-8,13-16,19,25H,9-12,17-18H2,1-2H3,(H,30,32,33). The van der Waals surface area contributed by atoms with Crippen LogP contribution in [0.4, 0.5) is 15.9 Å². The van der Waals surface area contributed by atoms with Crippen LogP contribution in [0.25, 0.3) is 16.4 Å². The maximum atomic E-state index is 13.6. The molecular weight excluding hydrogens is 467 g/mol. The van der Waals surface area contributed by atoms with Crippen LogP contribution in [0.5, 0.6) is 0 Å². The van der Waals surface area contributed by atoms with Crippen molar-refractivity contribution in [2.24, 2.45) is 0 Å². The summed E-state index contributed by atoms with van der Waals surface area (Å²) < 4.78 is 17.4. The molecule has 0 aliphatic carbocycles. The number of piperidine rings is 1. The second-order valence-corrected chi connectivity index (χ2v) is 10.0. The Kier molecular flexibility index (Phi) is 6.31. The highest BCUT2D eigenvalue weighted by Gasteiger charge is 2.22. The molecule has 3 aromatic heterocycles. The lowest BCUT2D eigenvalue weighted by Crippen LogP contribution is -2.41. The zero-order chi connectivity index (χ0) is 25.4. The number of hydrogen-bond acceptors (Lipinski definition) is 6. The van der Waals surface area contributed by atoms with Gasteiger partial charge < -0.3 is 10.2 Å². The van der Waals surface area contributed by atoms with Gasteiger partial charge in [-0.2, -0.15) is 10.2 Å². The summed E-state index contributed by atoms with van der Waals surface area (Å²) in [5.41, 5.74) is 4.99. The van der Waals surface area contributed by atoms with E-state index in [0.717, 1.165) is 53.1 Å². The van der Waals surface area contributed by atoms with E-state index in [1.807, 2.05) is 39.8 Å². The fraction of sp³-hybridized carbons (Fsp3) is 0.321. The Morgan fingerprint density at radius 3 is 2.78 bits per heavy atom. The zero-order valence-corrected chi connectivity index (χ0v) is 21.2. The summed E-state index contributed by atoms with van der Waals surface area (Å²) in [6, 6.07) is 15.5. The van der Waals surface area contributed by atoms with Crippen molar-refractivity contribution in [1.29, 1.82) is 0 Å². The molecule has 0 saturated carbocycles. The molecule has 0 bridgehead atoms.